The van der Waals surface area contributed by atoms with E-state index in [4.69, 9.17) is 18.9 Å². The first kappa shape index (κ1) is 74.2. The van der Waals surface area contributed by atoms with Crippen molar-refractivity contribution in [2.45, 2.75) is 322 Å². The van der Waals surface area contributed by atoms with Crippen LogP contribution in [0.4, 0.5) is 0 Å². The third kappa shape index (κ3) is 60.7. The van der Waals surface area contributed by atoms with Gasteiger partial charge in [0.05, 0.1) is 34.4 Å². The van der Waals surface area contributed by atoms with Gasteiger partial charge in [-0.15, -0.1) is 0 Å². The molecule has 0 aromatic rings. The number of carboxylic acid groups (broad SMARTS) is 1. The van der Waals surface area contributed by atoms with Gasteiger partial charge in [0.25, 0.3) is 6.29 Å². The van der Waals surface area contributed by atoms with Gasteiger partial charge in [0.1, 0.15) is 13.2 Å². The Morgan fingerprint density at radius 2 is 0.701 bits per heavy atom. The lowest BCUT2D eigenvalue weighted by Gasteiger charge is -2.25. The monoisotopic (exact) mass is 1080 g/mol. The first-order chi connectivity index (χ1) is 37.6. The van der Waals surface area contributed by atoms with Crippen LogP contribution in [0.2, 0.25) is 0 Å². The van der Waals surface area contributed by atoms with E-state index in [0.717, 1.165) is 51.4 Å². The summed E-state index contributed by atoms with van der Waals surface area (Å²) < 4.78 is 22.9. The van der Waals surface area contributed by atoms with Crippen molar-refractivity contribution in [3.05, 3.63) is 48.6 Å². The second-order valence-corrected chi connectivity index (χ2v) is 23.4. The minimum absolute atomic E-state index is 0.181. The number of nitrogens with zero attached hydrogens (tertiary/aromatic N) is 1. The number of aliphatic carboxylic acids is 1. The summed E-state index contributed by atoms with van der Waals surface area (Å²) in [5.41, 5.74) is 0. The SMILES string of the molecule is CCCCC/C=C\C/C=C\CCCCCCCCCCCC(=O)OCC(COC(OCC[N+](C)(C)C)C(=O)O)OC(=O)CCCCCCCCCCCCCCCCCCCCCCC/C=C\C/C=C\CCCCCCC. The smallest absolute Gasteiger partial charge is 0.361 e. The van der Waals surface area contributed by atoms with Gasteiger partial charge in [-0.25, -0.2) is 4.79 Å². The summed E-state index contributed by atoms with van der Waals surface area (Å²) in [7, 11) is 5.98. The lowest BCUT2D eigenvalue weighted by atomic mass is 10.0. The van der Waals surface area contributed by atoms with Gasteiger partial charge in [0.2, 0.25) is 0 Å². The Balaban J connectivity index is 4.07. The molecular weight excluding hydrogens is 959 g/mol. The van der Waals surface area contributed by atoms with Crippen molar-refractivity contribution in [1.29, 1.82) is 0 Å². The maximum atomic E-state index is 12.9. The third-order valence-corrected chi connectivity index (χ3v) is 14.6. The molecule has 0 saturated heterocycles. The average Bonchev–Trinajstić information content (AvgIpc) is 3.40. The fourth-order valence-electron chi connectivity index (χ4n) is 9.49. The van der Waals surface area contributed by atoms with Crippen molar-refractivity contribution < 1.29 is 42.9 Å². The highest BCUT2D eigenvalue weighted by atomic mass is 16.7. The molecule has 77 heavy (non-hydrogen) atoms. The molecule has 2 atom stereocenters. The summed E-state index contributed by atoms with van der Waals surface area (Å²) in [6, 6.07) is 0. The highest BCUT2D eigenvalue weighted by molar-refractivity contribution is 5.71. The van der Waals surface area contributed by atoms with Gasteiger partial charge in [-0.05, 0) is 77.0 Å². The molecule has 0 fully saturated rings. The summed E-state index contributed by atoms with van der Waals surface area (Å²) in [4.78, 5) is 37.5. The van der Waals surface area contributed by atoms with Crippen molar-refractivity contribution in [1.82, 2.24) is 0 Å². The van der Waals surface area contributed by atoms with Crippen LogP contribution in [0.3, 0.4) is 0 Å². The highest BCUT2D eigenvalue weighted by Crippen LogP contribution is 2.18. The highest BCUT2D eigenvalue weighted by Gasteiger charge is 2.25. The Morgan fingerprint density at radius 1 is 0.390 bits per heavy atom. The van der Waals surface area contributed by atoms with Gasteiger partial charge >= 0.3 is 17.9 Å². The molecule has 0 aliphatic heterocycles. The van der Waals surface area contributed by atoms with Crippen LogP contribution in [0, 0.1) is 0 Å². The number of hydrogen-bond acceptors (Lipinski definition) is 7. The topological polar surface area (TPSA) is 108 Å². The molecule has 0 spiro atoms. The zero-order chi connectivity index (χ0) is 56.2. The fourth-order valence-corrected chi connectivity index (χ4v) is 9.49. The number of carboxylic acids is 1. The molecular formula is C68H126NO8+. The number of ether oxygens (including phenoxy) is 4. The molecule has 0 heterocycles. The molecule has 450 valence electrons. The molecule has 0 saturated carbocycles. The van der Waals surface area contributed by atoms with E-state index in [9.17, 15) is 19.5 Å². The molecule has 0 aromatic heterocycles. The minimum atomic E-state index is -1.51. The first-order valence-corrected chi connectivity index (χ1v) is 32.8. The van der Waals surface area contributed by atoms with E-state index < -0.39 is 24.3 Å². The Hall–Kier alpha value is -2.75. The summed E-state index contributed by atoms with van der Waals surface area (Å²) in [6.07, 6.45) is 72.1. The van der Waals surface area contributed by atoms with Crippen LogP contribution in [-0.4, -0.2) is 87.4 Å². The number of hydrogen-bond donors (Lipinski definition) is 1. The Kier molecular flexibility index (Phi) is 57.3. The Labute approximate surface area is 476 Å². The van der Waals surface area contributed by atoms with E-state index in [1.54, 1.807) is 0 Å². The second kappa shape index (κ2) is 59.4. The number of rotatable bonds is 61. The standard InChI is InChI=1S/C68H125NO8/c1-6-8-10-12-14-16-18-20-22-24-26-27-28-29-30-31-32-33-34-35-36-37-38-39-41-43-45-47-49-51-53-55-57-59-66(71)77-64(63-76-68(67(72)73)74-61-60-69(3,4)5)62-75-65(70)58-56-54-52-50-48-46-44-42-40-25-23-21-19-17-15-13-11-9-7-2/h15,17-18,20-21,23-24,26,64,68H,6-14,16,19,22,25,27-63H2,1-5H3/p+1/b17-15-,20-18-,23-21-,26-24-. The second-order valence-electron chi connectivity index (χ2n) is 23.4. The molecule has 9 heteroatoms. The van der Waals surface area contributed by atoms with Gasteiger partial charge in [-0.3, -0.25) is 9.59 Å². The Morgan fingerprint density at radius 3 is 1.05 bits per heavy atom. The number of allylic oxidation sites excluding steroid dienone is 8. The van der Waals surface area contributed by atoms with E-state index in [1.165, 1.54) is 231 Å². The Bertz CT molecular complexity index is 1400. The number of carbonyl (C=O) groups is 3. The lowest BCUT2D eigenvalue weighted by molar-refractivity contribution is -0.870. The third-order valence-electron chi connectivity index (χ3n) is 14.6. The first-order valence-electron chi connectivity index (χ1n) is 32.8. The van der Waals surface area contributed by atoms with Crippen molar-refractivity contribution in [2.24, 2.45) is 0 Å². The van der Waals surface area contributed by atoms with Crippen molar-refractivity contribution in [3.63, 3.8) is 0 Å². The molecule has 1 N–H and O–H groups in total. The predicted molar refractivity (Wildman–Crippen MR) is 327 cm³/mol. The molecule has 0 rings (SSSR count). The summed E-state index contributed by atoms with van der Waals surface area (Å²) >= 11 is 0. The van der Waals surface area contributed by atoms with Gasteiger partial charge in [0.15, 0.2) is 6.10 Å². The molecule has 0 aliphatic rings. The summed E-state index contributed by atoms with van der Waals surface area (Å²) in [6.45, 7) is 4.88. The zero-order valence-electron chi connectivity index (χ0n) is 51.4. The number of esters is 2. The lowest BCUT2D eigenvalue weighted by Crippen LogP contribution is -2.40. The molecule has 9 nitrogen and oxygen atoms in total. The van der Waals surface area contributed by atoms with Crippen molar-refractivity contribution >= 4 is 17.9 Å². The van der Waals surface area contributed by atoms with Crippen LogP contribution in [-0.2, 0) is 33.3 Å². The van der Waals surface area contributed by atoms with E-state index in [1.807, 2.05) is 21.1 Å². The van der Waals surface area contributed by atoms with Crippen LogP contribution in [0.25, 0.3) is 0 Å². The molecule has 0 bridgehead atoms. The fraction of sp³-hybridized carbons (Fsp3) is 0.838. The number of unbranched alkanes of at least 4 members (excludes halogenated alkanes) is 38. The molecule has 2 unspecified atom stereocenters. The van der Waals surface area contributed by atoms with Crippen LogP contribution >= 0.6 is 0 Å². The normalized spacial score (nSPS) is 13.0. The molecule has 0 aromatic carbocycles. The maximum absolute atomic E-state index is 12.9. The average molecular weight is 1090 g/mol. The quantitative estimate of drug-likeness (QED) is 0.0211. The number of likely N-dealkylation sites (N-methyl/N-ethyl adjacent to an activating group) is 1. The summed E-state index contributed by atoms with van der Waals surface area (Å²) in [5.74, 6) is -1.99. The molecule has 0 amide bonds. The van der Waals surface area contributed by atoms with Crippen molar-refractivity contribution in [3.8, 4) is 0 Å². The van der Waals surface area contributed by atoms with E-state index in [0.29, 0.717) is 17.4 Å². The summed E-state index contributed by atoms with van der Waals surface area (Å²) in [5, 5.41) is 9.72. The van der Waals surface area contributed by atoms with Gasteiger partial charge in [-0.2, -0.15) is 0 Å². The van der Waals surface area contributed by atoms with E-state index in [2.05, 4.69) is 62.5 Å². The van der Waals surface area contributed by atoms with E-state index >= 15 is 0 Å². The molecule has 0 aliphatic carbocycles. The maximum Gasteiger partial charge on any atom is 0.361 e. The van der Waals surface area contributed by atoms with Crippen LogP contribution in [0.5, 0.6) is 0 Å². The predicted octanol–water partition coefficient (Wildman–Crippen LogP) is 19.8. The van der Waals surface area contributed by atoms with Gasteiger partial charge in [-0.1, -0.05) is 268 Å². The van der Waals surface area contributed by atoms with Crippen molar-refractivity contribution in [2.75, 3.05) is 47.5 Å². The van der Waals surface area contributed by atoms with Gasteiger partial charge < -0.3 is 28.5 Å². The number of quaternary nitrogens is 1. The van der Waals surface area contributed by atoms with Gasteiger partial charge in [0, 0.05) is 12.8 Å². The van der Waals surface area contributed by atoms with E-state index in [-0.39, 0.29) is 32.2 Å². The molecule has 0 radical (unpaired) electrons. The van der Waals surface area contributed by atoms with Crippen LogP contribution in [0.15, 0.2) is 48.6 Å². The minimum Gasteiger partial charge on any atom is -0.477 e. The van der Waals surface area contributed by atoms with Crippen LogP contribution in [0.1, 0.15) is 309 Å². The zero-order valence-corrected chi connectivity index (χ0v) is 51.4. The number of carbonyl (C=O) groups excluding carboxylic acids is 2. The van der Waals surface area contributed by atoms with Crippen LogP contribution < -0.4 is 0 Å². The largest absolute Gasteiger partial charge is 0.477 e.